The van der Waals surface area contributed by atoms with Crippen molar-refractivity contribution < 1.29 is 42.2 Å². The highest BCUT2D eigenvalue weighted by Crippen LogP contribution is 2.65. The van der Waals surface area contributed by atoms with Crippen LogP contribution in [0.15, 0.2) is 42.0 Å². The Hall–Kier alpha value is -3.07. The van der Waals surface area contributed by atoms with Crippen LogP contribution in [-0.2, 0) is 25.4 Å². The van der Waals surface area contributed by atoms with E-state index in [-0.39, 0.29) is 34.8 Å². The van der Waals surface area contributed by atoms with Gasteiger partial charge in [-0.1, -0.05) is 45.2 Å². The van der Waals surface area contributed by atoms with Crippen molar-refractivity contribution in [1.29, 1.82) is 0 Å². The lowest BCUT2D eigenvalue weighted by atomic mass is 9.56. The highest BCUT2D eigenvalue weighted by atomic mass is 79.9. The number of anilines is 1. The minimum Gasteiger partial charge on any atom is -0.504 e. The van der Waals surface area contributed by atoms with Gasteiger partial charge in [0.15, 0.2) is 27.1 Å². The molecule has 2 aliphatic carbocycles. The summed E-state index contributed by atoms with van der Waals surface area (Å²) in [6, 6.07) is 5.98. The Kier molecular flexibility index (Phi) is 7.85. The van der Waals surface area contributed by atoms with Crippen molar-refractivity contribution in [3.8, 4) is 11.5 Å². The summed E-state index contributed by atoms with van der Waals surface area (Å²) in [7, 11) is 2.54. The number of halogens is 7. The van der Waals surface area contributed by atoms with Crippen LogP contribution in [-0.4, -0.2) is 73.0 Å². The summed E-state index contributed by atoms with van der Waals surface area (Å²) in [4.78, 5) is 55.8. The van der Waals surface area contributed by atoms with Crippen molar-refractivity contribution >= 4 is 80.2 Å². The zero-order valence-electron chi connectivity index (χ0n) is 23.8. The van der Waals surface area contributed by atoms with Crippen molar-refractivity contribution in [3.05, 3.63) is 58.3 Å². The number of rotatable bonds is 5. The first kappa shape index (κ1) is 32.9. The Morgan fingerprint density at radius 3 is 2.41 bits per heavy atom. The topological polar surface area (TPSA) is 120 Å². The number of aromatic hydroxyl groups is 1. The monoisotopic (exact) mass is 764 g/mol. The second-order valence-electron chi connectivity index (χ2n) is 11.4. The summed E-state index contributed by atoms with van der Waals surface area (Å²) >= 11 is 23.7. The maximum Gasteiger partial charge on any atom is 0.433 e. The number of hydrazine groups is 1. The van der Waals surface area contributed by atoms with Gasteiger partial charge in [-0.2, -0.15) is 18.2 Å². The molecule has 2 saturated heterocycles. The summed E-state index contributed by atoms with van der Waals surface area (Å²) in [5, 5.41) is 12.0. The molecule has 6 rings (SSSR count). The van der Waals surface area contributed by atoms with Crippen molar-refractivity contribution in [3.63, 3.8) is 0 Å². The van der Waals surface area contributed by atoms with Crippen LogP contribution in [0.25, 0.3) is 0 Å². The first-order chi connectivity index (χ1) is 21.5. The minimum absolute atomic E-state index is 0.000349. The van der Waals surface area contributed by atoms with E-state index in [0.29, 0.717) is 22.2 Å². The molecule has 0 spiro atoms. The number of aromatic nitrogens is 1. The molecule has 2 aliphatic heterocycles. The number of imide groups is 2. The summed E-state index contributed by atoms with van der Waals surface area (Å²) in [6.45, 7) is 0. The molecule has 1 N–H and O–H groups in total. The van der Waals surface area contributed by atoms with Gasteiger partial charge in [-0.15, -0.1) is 23.2 Å². The third-order valence-corrected chi connectivity index (χ3v) is 11.5. The molecule has 4 amide bonds. The lowest BCUT2D eigenvalue weighted by Crippen LogP contribution is -2.60. The van der Waals surface area contributed by atoms with Crippen LogP contribution in [0.1, 0.15) is 30.0 Å². The molecule has 244 valence electrons. The Balaban J connectivity index is 1.46. The minimum atomic E-state index is -4.82. The highest BCUT2D eigenvalue weighted by Gasteiger charge is 2.76. The zero-order chi connectivity index (χ0) is 33.7. The Morgan fingerprint density at radius 1 is 1.11 bits per heavy atom. The maximum atomic E-state index is 14.2. The molecule has 3 fully saturated rings. The van der Waals surface area contributed by atoms with Crippen LogP contribution in [0.4, 0.5) is 19.0 Å². The molecule has 0 radical (unpaired) electrons. The second-order valence-corrected chi connectivity index (χ2v) is 13.6. The predicted molar refractivity (Wildman–Crippen MR) is 163 cm³/mol. The number of benzene rings is 1. The molecular formula is C29H23BrCl3F3N4O6. The number of phenols is 1. The fourth-order valence-electron chi connectivity index (χ4n) is 7.20. The van der Waals surface area contributed by atoms with E-state index in [0.717, 1.165) is 16.0 Å². The van der Waals surface area contributed by atoms with Crippen LogP contribution in [0, 0.1) is 17.8 Å². The zero-order valence-corrected chi connectivity index (χ0v) is 27.7. The van der Waals surface area contributed by atoms with E-state index in [1.165, 1.54) is 26.3 Å². The van der Waals surface area contributed by atoms with Gasteiger partial charge in [0, 0.05) is 13.0 Å². The largest absolute Gasteiger partial charge is 0.504 e. The quantitative estimate of drug-likeness (QED) is 0.190. The van der Waals surface area contributed by atoms with Crippen molar-refractivity contribution in [2.45, 2.75) is 34.7 Å². The van der Waals surface area contributed by atoms with Gasteiger partial charge in [0.25, 0.3) is 23.6 Å². The second kappa shape index (κ2) is 11.0. The average Bonchev–Trinajstić information content (AvgIpc) is 3.33. The number of methoxy groups -OCH3 is 1. The standard InChI is InChI=1S/C29H23BrCl3F3N4O6/c1-38(22-16(31)6-8-19(37-22)29(34,35)36)40-23(42)14-5-4-13-15(20(14)24(40)43)10-27(32)25(44)39(11-30)26(45)28(27,33)21(13)12-3-7-18(46-2)17(41)9-12/h3-4,6-9,14-15,20-21,41H,5,10-11H2,1-2H3. The molecule has 1 aromatic carbocycles. The number of pyridine rings is 1. The van der Waals surface area contributed by atoms with Crippen LogP contribution in [0.5, 0.6) is 11.5 Å². The molecular weight excluding hydrogens is 744 g/mol. The first-order valence-electron chi connectivity index (χ1n) is 13.7. The van der Waals surface area contributed by atoms with Gasteiger partial charge in [-0.25, -0.2) is 4.98 Å². The van der Waals surface area contributed by atoms with Gasteiger partial charge in [0.1, 0.15) is 5.69 Å². The van der Waals surface area contributed by atoms with Gasteiger partial charge < -0.3 is 9.84 Å². The van der Waals surface area contributed by atoms with Crippen molar-refractivity contribution in [2.24, 2.45) is 17.8 Å². The molecule has 2 aromatic rings. The number of carbonyl (C=O) groups excluding carboxylic acids is 4. The normalized spacial score (nSPS) is 30.7. The fourth-order valence-corrected chi connectivity index (χ4v) is 8.86. The lowest BCUT2D eigenvalue weighted by molar-refractivity contribution is -0.142. The number of hydrogen-bond donors (Lipinski definition) is 1. The molecule has 10 nitrogen and oxygen atoms in total. The van der Waals surface area contributed by atoms with E-state index in [1.54, 1.807) is 12.1 Å². The molecule has 3 heterocycles. The average molecular weight is 767 g/mol. The highest BCUT2D eigenvalue weighted by molar-refractivity contribution is 9.09. The molecule has 6 atom stereocenters. The number of likely N-dealkylation sites (tertiary alicyclic amines) is 1. The van der Waals surface area contributed by atoms with E-state index >= 15 is 0 Å². The molecule has 1 aromatic heterocycles. The number of ether oxygens (including phenoxy) is 1. The van der Waals surface area contributed by atoms with Crippen molar-refractivity contribution in [2.75, 3.05) is 24.6 Å². The van der Waals surface area contributed by atoms with Gasteiger partial charge in [-0.3, -0.25) is 29.1 Å². The number of alkyl halides is 6. The summed E-state index contributed by atoms with van der Waals surface area (Å²) in [6.07, 6.45) is -3.45. The van der Waals surface area contributed by atoms with E-state index < -0.39 is 74.7 Å². The number of allylic oxidation sites excluding steroid dienone is 2. The summed E-state index contributed by atoms with van der Waals surface area (Å²) in [5.74, 6) is -7.89. The Bertz CT molecular complexity index is 1750. The number of amides is 4. The van der Waals surface area contributed by atoms with E-state index in [9.17, 15) is 37.5 Å². The van der Waals surface area contributed by atoms with E-state index in [1.807, 2.05) is 0 Å². The molecule has 17 heteroatoms. The van der Waals surface area contributed by atoms with Gasteiger partial charge in [0.05, 0.1) is 29.4 Å². The predicted octanol–water partition coefficient (Wildman–Crippen LogP) is 5.23. The third-order valence-electron chi connectivity index (χ3n) is 9.25. The number of phenolic OH excluding ortho intramolecular Hbond substituents is 1. The van der Waals surface area contributed by atoms with Gasteiger partial charge >= 0.3 is 6.18 Å². The molecule has 46 heavy (non-hydrogen) atoms. The third kappa shape index (κ3) is 4.39. The first-order valence-corrected chi connectivity index (χ1v) is 16.0. The van der Waals surface area contributed by atoms with Gasteiger partial charge in [0.2, 0.25) is 0 Å². The number of hydrogen-bond acceptors (Lipinski definition) is 8. The van der Waals surface area contributed by atoms with Crippen LogP contribution in [0.3, 0.4) is 0 Å². The Labute approximate surface area is 283 Å². The van der Waals surface area contributed by atoms with Crippen LogP contribution in [0.2, 0.25) is 5.02 Å². The lowest BCUT2D eigenvalue weighted by Gasteiger charge is -2.50. The summed E-state index contributed by atoms with van der Waals surface area (Å²) in [5.41, 5.74) is -0.739. The molecule has 4 aliphatic rings. The molecule has 6 unspecified atom stereocenters. The van der Waals surface area contributed by atoms with E-state index in [2.05, 4.69) is 20.9 Å². The van der Waals surface area contributed by atoms with Crippen LogP contribution >= 0.6 is 50.7 Å². The smallest absolute Gasteiger partial charge is 0.433 e. The fraction of sp³-hybridized carbons (Fsp3) is 0.414. The molecule has 1 saturated carbocycles. The molecule has 0 bridgehead atoms. The Morgan fingerprint density at radius 2 is 1.80 bits per heavy atom. The number of fused-ring (bicyclic) bond motifs is 4. The SMILES string of the molecule is COc1ccc(C2C3=CCC4C(=O)N(N(C)c5nc(C(F)(F)F)ccc5Cl)C(=O)C4C3CC3(Cl)C(=O)N(CBr)C(=O)C23Cl)cc1O. The van der Waals surface area contributed by atoms with Crippen LogP contribution < -0.4 is 9.75 Å². The van der Waals surface area contributed by atoms with E-state index in [4.69, 9.17) is 39.5 Å². The number of nitrogens with zero attached hydrogens (tertiary/aromatic N) is 4. The number of carbonyl (C=O) groups is 4. The van der Waals surface area contributed by atoms with Gasteiger partial charge in [-0.05, 0) is 48.6 Å². The van der Waals surface area contributed by atoms with Crippen molar-refractivity contribution in [1.82, 2.24) is 14.9 Å². The maximum absolute atomic E-state index is 14.2. The summed E-state index contributed by atoms with van der Waals surface area (Å²) < 4.78 is 45.6.